The van der Waals surface area contributed by atoms with Crippen molar-refractivity contribution >= 4 is 17.4 Å². The van der Waals surface area contributed by atoms with Gasteiger partial charge in [-0.2, -0.15) is 0 Å². The van der Waals surface area contributed by atoms with E-state index in [1.807, 2.05) is 0 Å². The van der Waals surface area contributed by atoms with Crippen LogP contribution in [0.2, 0.25) is 0 Å². The molecule has 168 valence electrons. The molecular formula is C24H25FN2O5. The third-order valence-corrected chi connectivity index (χ3v) is 5.91. The number of amides is 1. The molecule has 2 aromatic carbocycles. The molecule has 0 saturated carbocycles. The number of hydrogen-bond acceptors (Lipinski definition) is 6. The molecular weight excluding hydrogens is 415 g/mol. The van der Waals surface area contributed by atoms with Gasteiger partial charge < -0.3 is 19.8 Å². The van der Waals surface area contributed by atoms with Crippen LogP contribution in [0.4, 0.5) is 4.39 Å². The van der Waals surface area contributed by atoms with Crippen molar-refractivity contribution in [1.29, 1.82) is 0 Å². The number of carbonyl (C=O) groups is 2. The lowest BCUT2D eigenvalue weighted by molar-refractivity contribution is -0.140. The summed E-state index contributed by atoms with van der Waals surface area (Å²) in [5.74, 6) is -3.06. The molecule has 0 radical (unpaired) electrons. The molecule has 0 aliphatic carbocycles. The summed E-state index contributed by atoms with van der Waals surface area (Å²) in [6.07, 6.45) is 0. The van der Waals surface area contributed by atoms with Crippen molar-refractivity contribution in [1.82, 2.24) is 9.80 Å². The van der Waals surface area contributed by atoms with E-state index >= 15 is 0 Å². The molecule has 4 rings (SSSR count). The number of carbonyl (C=O) groups excluding carboxylic acids is 2. The molecule has 1 amide bonds. The van der Waals surface area contributed by atoms with Gasteiger partial charge in [0.1, 0.15) is 17.3 Å². The number of aryl methyl sites for hydroxylation is 1. The number of likely N-dealkylation sites (tertiary alicyclic amines) is 1. The number of Topliss-reactive ketones (excluding diaryl/α,β-unsaturated/α-hetero) is 1. The second-order valence-corrected chi connectivity index (χ2v) is 7.99. The van der Waals surface area contributed by atoms with E-state index < -0.39 is 29.3 Å². The Bertz CT molecular complexity index is 1080. The van der Waals surface area contributed by atoms with E-state index in [-0.39, 0.29) is 29.0 Å². The monoisotopic (exact) mass is 440 g/mol. The highest BCUT2D eigenvalue weighted by Gasteiger charge is 2.47. The standard InChI is InChI=1S/C24H25FN2O5/c1-15-6-7-19(28)17(14-15)22(29)20-21(16-4-2-3-5-18(16)25)27(24(31)23(20)30)9-8-26-10-12-32-13-11-26/h2-7,14,21,28-29H,8-13H2,1H3/t21-/m0/s1. The van der Waals surface area contributed by atoms with E-state index in [0.29, 0.717) is 32.8 Å². The van der Waals surface area contributed by atoms with E-state index in [2.05, 4.69) is 4.90 Å². The lowest BCUT2D eigenvalue weighted by atomic mass is 9.94. The van der Waals surface area contributed by atoms with Gasteiger partial charge in [-0.15, -0.1) is 0 Å². The van der Waals surface area contributed by atoms with Gasteiger partial charge in [-0.05, 0) is 25.1 Å². The third kappa shape index (κ3) is 4.11. The van der Waals surface area contributed by atoms with Crippen LogP contribution in [-0.2, 0) is 14.3 Å². The van der Waals surface area contributed by atoms with Crippen molar-refractivity contribution in [2.75, 3.05) is 39.4 Å². The van der Waals surface area contributed by atoms with Crippen LogP contribution in [0.25, 0.3) is 5.76 Å². The minimum Gasteiger partial charge on any atom is -0.507 e. The highest BCUT2D eigenvalue weighted by Crippen LogP contribution is 2.41. The van der Waals surface area contributed by atoms with Crippen LogP contribution >= 0.6 is 0 Å². The molecule has 0 spiro atoms. The van der Waals surface area contributed by atoms with E-state index in [1.165, 1.54) is 35.2 Å². The van der Waals surface area contributed by atoms with Crippen LogP contribution in [0.15, 0.2) is 48.0 Å². The maximum atomic E-state index is 14.8. The Balaban J connectivity index is 1.79. The zero-order valence-corrected chi connectivity index (χ0v) is 17.8. The first-order chi connectivity index (χ1) is 15.4. The number of hydrogen-bond donors (Lipinski definition) is 2. The molecule has 32 heavy (non-hydrogen) atoms. The molecule has 2 heterocycles. The molecule has 8 heteroatoms. The first-order valence-corrected chi connectivity index (χ1v) is 10.5. The highest BCUT2D eigenvalue weighted by molar-refractivity contribution is 6.46. The molecule has 2 fully saturated rings. The van der Waals surface area contributed by atoms with Gasteiger partial charge in [-0.25, -0.2) is 4.39 Å². The van der Waals surface area contributed by atoms with Gasteiger partial charge >= 0.3 is 0 Å². The number of ether oxygens (including phenoxy) is 1. The van der Waals surface area contributed by atoms with Crippen molar-refractivity contribution in [2.24, 2.45) is 0 Å². The molecule has 0 unspecified atom stereocenters. The molecule has 2 saturated heterocycles. The van der Waals surface area contributed by atoms with Crippen molar-refractivity contribution in [2.45, 2.75) is 13.0 Å². The average Bonchev–Trinajstić information content (AvgIpc) is 3.04. The quantitative estimate of drug-likeness (QED) is 0.422. The van der Waals surface area contributed by atoms with E-state index in [9.17, 15) is 24.2 Å². The minimum atomic E-state index is -1.10. The number of nitrogens with zero attached hydrogens (tertiary/aromatic N) is 2. The number of halogens is 1. The van der Waals surface area contributed by atoms with Gasteiger partial charge in [-0.3, -0.25) is 14.5 Å². The number of phenolic OH excluding ortho intramolecular Hbond substituents is 1. The van der Waals surface area contributed by atoms with Crippen LogP contribution in [0.1, 0.15) is 22.7 Å². The summed E-state index contributed by atoms with van der Waals surface area (Å²) >= 11 is 0. The molecule has 0 aromatic heterocycles. The van der Waals surface area contributed by atoms with Gasteiger partial charge in [0.2, 0.25) is 0 Å². The van der Waals surface area contributed by atoms with Gasteiger partial charge in [0.15, 0.2) is 0 Å². The fourth-order valence-corrected chi connectivity index (χ4v) is 4.19. The van der Waals surface area contributed by atoms with Crippen molar-refractivity contribution < 1.29 is 28.9 Å². The predicted molar refractivity (Wildman–Crippen MR) is 116 cm³/mol. The SMILES string of the molecule is Cc1ccc(O)c(C(O)=C2C(=O)C(=O)N(CCN3CCOCC3)[C@H]2c2ccccc2F)c1. The van der Waals surface area contributed by atoms with Gasteiger partial charge in [0.05, 0.1) is 30.4 Å². The van der Waals surface area contributed by atoms with Gasteiger partial charge in [0.25, 0.3) is 11.7 Å². The molecule has 2 aliphatic rings. The van der Waals surface area contributed by atoms with Gasteiger partial charge in [-0.1, -0.05) is 29.8 Å². The summed E-state index contributed by atoms with van der Waals surface area (Å²) in [7, 11) is 0. The third-order valence-electron chi connectivity index (χ3n) is 5.91. The maximum Gasteiger partial charge on any atom is 0.295 e. The van der Waals surface area contributed by atoms with E-state index in [4.69, 9.17) is 4.74 Å². The van der Waals surface area contributed by atoms with Gasteiger partial charge in [0, 0.05) is 31.7 Å². The van der Waals surface area contributed by atoms with Crippen LogP contribution in [0.3, 0.4) is 0 Å². The largest absolute Gasteiger partial charge is 0.507 e. The fraction of sp³-hybridized carbons (Fsp3) is 0.333. The van der Waals surface area contributed by atoms with Crippen LogP contribution in [0, 0.1) is 12.7 Å². The van der Waals surface area contributed by atoms with Crippen LogP contribution in [0.5, 0.6) is 5.75 Å². The Kier molecular flexibility index (Phi) is 6.25. The minimum absolute atomic E-state index is 0.0255. The number of benzene rings is 2. The topological polar surface area (TPSA) is 90.3 Å². The van der Waals surface area contributed by atoms with Crippen molar-refractivity contribution in [3.05, 3.63) is 70.5 Å². The first-order valence-electron chi connectivity index (χ1n) is 10.5. The Morgan fingerprint density at radius 1 is 1.12 bits per heavy atom. The number of aromatic hydroxyl groups is 1. The number of aliphatic hydroxyl groups excluding tert-OH is 1. The van der Waals surface area contributed by atoms with Crippen LogP contribution < -0.4 is 0 Å². The Hall–Kier alpha value is -3.23. The predicted octanol–water partition coefficient (Wildman–Crippen LogP) is 2.59. The van der Waals surface area contributed by atoms with E-state index in [1.54, 1.807) is 19.1 Å². The Morgan fingerprint density at radius 3 is 2.56 bits per heavy atom. The summed E-state index contributed by atoms with van der Waals surface area (Å²) in [5, 5.41) is 21.3. The molecule has 7 nitrogen and oxygen atoms in total. The fourth-order valence-electron chi connectivity index (χ4n) is 4.19. The molecule has 2 N–H and O–H groups in total. The lowest BCUT2D eigenvalue weighted by Crippen LogP contribution is -2.42. The van der Waals surface area contributed by atoms with E-state index in [0.717, 1.165) is 5.56 Å². The number of rotatable bonds is 5. The highest BCUT2D eigenvalue weighted by atomic mass is 19.1. The normalized spacial score (nSPS) is 21.3. The lowest BCUT2D eigenvalue weighted by Gasteiger charge is -2.31. The summed E-state index contributed by atoms with van der Waals surface area (Å²) in [6, 6.07) is 9.36. The summed E-state index contributed by atoms with van der Waals surface area (Å²) < 4.78 is 20.2. The molecule has 1 atom stereocenters. The number of morpholine rings is 1. The first kappa shape index (κ1) is 22.0. The number of aliphatic hydroxyl groups is 1. The molecule has 2 aliphatic heterocycles. The number of phenols is 1. The summed E-state index contributed by atoms with van der Waals surface area (Å²) in [4.78, 5) is 29.4. The summed E-state index contributed by atoms with van der Waals surface area (Å²) in [5.41, 5.74) is 0.649. The maximum absolute atomic E-state index is 14.8. The molecule has 0 bridgehead atoms. The van der Waals surface area contributed by atoms with Crippen molar-refractivity contribution in [3.63, 3.8) is 0 Å². The zero-order chi connectivity index (χ0) is 22.8. The summed E-state index contributed by atoms with van der Waals surface area (Å²) in [6.45, 7) is 5.00. The zero-order valence-electron chi connectivity index (χ0n) is 17.8. The smallest absolute Gasteiger partial charge is 0.295 e. The second-order valence-electron chi connectivity index (χ2n) is 7.99. The Labute approximate surface area is 185 Å². The average molecular weight is 440 g/mol. The molecule has 2 aromatic rings. The Morgan fingerprint density at radius 2 is 1.84 bits per heavy atom. The number of ketones is 1. The second kappa shape index (κ2) is 9.10. The van der Waals surface area contributed by atoms with Crippen LogP contribution in [-0.4, -0.2) is 71.1 Å². The van der Waals surface area contributed by atoms with Crippen molar-refractivity contribution in [3.8, 4) is 5.75 Å².